The number of carbonyl (C=O) groups is 2. The van der Waals surface area contributed by atoms with Crippen molar-refractivity contribution >= 4 is 19.8 Å². The monoisotopic (exact) mass is 822 g/mol. The molecule has 9 nitrogen and oxygen atoms in total. The highest BCUT2D eigenvalue weighted by molar-refractivity contribution is 7.47. The van der Waals surface area contributed by atoms with Gasteiger partial charge < -0.3 is 20.1 Å². The average Bonchev–Trinajstić information content (AvgIpc) is 3.20. The maximum atomic E-state index is 12.6. The van der Waals surface area contributed by atoms with Gasteiger partial charge in [-0.15, -0.1) is 0 Å². The number of allylic oxidation sites excluding steroid dienone is 10. The topological polar surface area (TPSA) is 134 Å². The summed E-state index contributed by atoms with van der Waals surface area (Å²) in [6.07, 6.45) is 51.0. The molecule has 0 aliphatic heterocycles. The molecule has 0 spiro atoms. The van der Waals surface area contributed by atoms with Crippen LogP contribution in [0, 0.1) is 0 Å². The number of hydrogen-bond acceptors (Lipinski definition) is 8. The van der Waals surface area contributed by atoms with Gasteiger partial charge >= 0.3 is 19.8 Å². The summed E-state index contributed by atoms with van der Waals surface area (Å²) < 4.78 is 32.8. The Morgan fingerprint density at radius 2 is 0.912 bits per heavy atom. The van der Waals surface area contributed by atoms with E-state index >= 15 is 0 Å². The molecule has 0 aromatic carbocycles. The Kier molecular flexibility index (Phi) is 41.6. The minimum atomic E-state index is -4.39. The predicted octanol–water partition coefficient (Wildman–Crippen LogP) is 13.3. The van der Waals surface area contributed by atoms with Gasteiger partial charge in [0.2, 0.25) is 0 Å². The molecule has 0 bridgehead atoms. The Bertz CT molecular complexity index is 1120. The predicted molar refractivity (Wildman–Crippen MR) is 238 cm³/mol. The lowest BCUT2D eigenvalue weighted by atomic mass is 10.1. The van der Waals surface area contributed by atoms with E-state index in [2.05, 4.69) is 74.6 Å². The number of hydrogen-bond donors (Lipinski definition) is 2. The summed E-state index contributed by atoms with van der Waals surface area (Å²) in [5.41, 5.74) is 5.35. The SMILES string of the molecule is CCCCC/C=C\C/C=C\CCCCCCCC(=O)OCC(COP(=O)(O)OCCN)OC(=O)CCCCCCCC/C=C\C/C=C\C/C=C\CCCCCCC. The third-order valence-electron chi connectivity index (χ3n) is 9.38. The standard InChI is InChI=1S/C47H84NO8P/c1-3-5-7-9-11-13-15-17-19-20-21-22-23-24-26-28-30-32-34-36-38-40-47(50)56-45(44-55-57(51,52)54-42-41-48)43-53-46(49)39-37-35-33-31-29-27-25-18-16-14-12-10-8-6-4-2/h12,14-15,17-18,20-21,23-25,45H,3-11,13,16,19,22,26-44,48H2,1-2H3,(H,51,52)/b14-12-,17-15-,21-20-,24-23-,25-18-. The van der Waals surface area contributed by atoms with E-state index < -0.39 is 32.5 Å². The first kappa shape index (κ1) is 54.7. The Hall–Kier alpha value is -2.29. The van der Waals surface area contributed by atoms with E-state index in [4.69, 9.17) is 24.3 Å². The van der Waals surface area contributed by atoms with Crippen molar-refractivity contribution in [2.45, 2.75) is 200 Å². The highest BCUT2D eigenvalue weighted by Gasteiger charge is 2.26. The van der Waals surface area contributed by atoms with Gasteiger partial charge in [-0.3, -0.25) is 18.6 Å². The molecule has 3 N–H and O–H groups in total. The normalized spacial score (nSPS) is 13.8. The quantitative estimate of drug-likeness (QED) is 0.0267. The molecule has 0 rings (SSSR count). The number of unbranched alkanes of at least 4 members (excludes halogenated alkanes) is 19. The van der Waals surface area contributed by atoms with Crippen LogP contribution in [0.25, 0.3) is 0 Å². The van der Waals surface area contributed by atoms with Gasteiger partial charge in [-0.1, -0.05) is 158 Å². The number of phosphoric acid groups is 1. The molecule has 0 fully saturated rings. The summed E-state index contributed by atoms with van der Waals surface area (Å²) in [6.45, 7) is 3.66. The third kappa shape index (κ3) is 43.1. The zero-order chi connectivity index (χ0) is 41.8. The summed E-state index contributed by atoms with van der Waals surface area (Å²) >= 11 is 0. The smallest absolute Gasteiger partial charge is 0.462 e. The van der Waals surface area contributed by atoms with Crippen molar-refractivity contribution < 1.29 is 37.6 Å². The van der Waals surface area contributed by atoms with Crippen LogP contribution in [0.2, 0.25) is 0 Å². The minimum absolute atomic E-state index is 0.0464. The van der Waals surface area contributed by atoms with Gasteiger partial charge in [-0.05, 0) is 83.5 Å². The van der Waals surface area contributed by atoms with Gasteiger partial charge in [0.05, 0.1) is 13.2 Å². The van der Waals surface area contributed by atoms with Crippen LogP contribution in [0.5, 0.6) is 0 Å². The minimum Gasteiger partial charge on any atom is -0.462 e. The van der Waals surface area contributed by atoms with Crippen LogP contribution in [0.15, 0.2) is 60.8 Å². The van der Waals surface area contributed by atoms with E-state index in [1.165, 1.54) is 64.2 Å². The second-order valence-electron chi connectivity index (χ2n) is 14.9. The molecule has 330 valence electrons. The average molecular weight is 822 g/mol. The largest absolute Gasteiger partial charge is 0.472 e. The molecule has 0 radical (unpaired) electrons. The van der Waals surface area contributed by atoms with E-state index in [1.54, 1.807) is 0 Å². The van der Waals surface area contributed by atoms with Crippen LogP contribution >= 0.6 is 7.82 Å². The lowest BCUT2D eigenvalue weighted by Gasteiger charge is -2.19. The van der Waals surface area contributed by atoms with Crippen molar-refractivity contribution in [1.82, 2.24) is 0 Å². The van der Waals surface area contributed by atoms with Crippen LogP contribution in [-0.4, -0.2) is 49.3 Å². The summed E-state index contributed by atoms with van der Waals surface area (Å²) in [5.74, 6) is -0.861. The maximum absolute atomic E-state index is 12.6. The van der Waals surface area contributed by atoms with Gasteiger partial charge in [-0.25, -0.2) is 4.57 Å². The summed E-state index contributed by atoms with van der Waals surface area (Å²) in [6, 6.07) is 0. The number of carbonyl (C=O) groups excluding carboxylic acids is 2. The number of ether oxygens (including phenoxy) is 2. The first-order valence-corrected chi connectivity index (χ1v) is 24.3. The van der Waals surface area contributed by atoms with Crippen LogP contribution in [-0.2, 0) is 32.7 Å². The van der Waals surface area contributed by atoms with E-state index in [1.807, 2.05) is 0 Å². The second-order valence-corrected chi connectivity index (χ2v) is 16.4. The van der Waals surface area contributed by atoms with E-state index in [0.29, 0.717) is 12.8 Å². The summed E-state index contributed by atoms with van der Waals surface area (Å²) in [5, 5.41) is 0. The number of phosphoric ester groups is 1. The molecule has 2 unspecified atom stereocenters. The zero-order valence-corrected chi connectivity index (χ0v) is 37.2. The lowest BCUT2D eigenvalue weighted by Crippen LogP contribution is -2.29. The lowest BCUT2D eigenvalue weighted by molar-refractivity contribution is -0.161. The van der Waals surface area contributed by atoms with Crippen molar-refractivity contribution in [3.8, 4) is 0 Å². The Morgan fingerprint density at radius 1 is 0.526 bits per heavy atom. The van der Waals surface area contributed by atoms with Crippen molar-refractivity contribution in [3.63, 3.8) is 0 Å². The van der Waals surface area contributed by atoms with Crippen molar-refractivity contribution in [2.75, 3.05) is 26.4 Å². The second kappa shape index (κ2) is 43.3. The molecule has 0 aromatic rings. The molecular weight excluding hydrogens is 737 g/mol. The van der Waals surface area contributed by atoms with Gasteiger partial charge in [0.1, 0.15) is 6.61 Å². The fourth-order valence-electron chi connectivity index (χ4n) is 5.96. The first-order chi connectivity index (χ1) is 27.8. The molecule has 57 heavy (non-hydrogen) atoms. The van der Waals surface area contributed by atoms with Crippen LogP contribution in [0.3, 0.4) is 0 Å². The molecule has 0 aromatic heterocycles. The van der Waals surface area contributed by atoms with Gasteiger partial charge in [-0.2, -0.15) is 0 Å². The molecular formula is C47H84NO8P. The van der Waals surface area contributed by atoms with E-state index in [9.17, 15) is 19.0 Å². The fourth-order valence-corrected chi connectivity index (χ4v) is 6.73. The molecule has 0 amide bonds. The summed E-state index contributed by atoms with van der Waals surface area (Å²) in [4.78, 5) is 34.9. The number of rotatable bonds is 42. The summed E-state index contributed by atoms with van der Waals surface area (Å²) in [7, 11) is -4.39. The van der Waals surface area contributed by atoms with E-state index in [-0.39, 0.29) is 32.6 Å². The third-order valence-corrected chi connectivity index (χ3v) is 10.4. The van der Waals surface area contributed by atoms with Gasteiger partial charge in [0, 0.05) is 19.4 Å². The molecule has 0 aliphatic rings. The first-order valence-electron chi connectivity index (χ1n) is 22.8. The van der Waals surface area contributed by atoms with Crippen LogP contribution in [0.1, 0.15) is 194 Å². The maximum Gasteiger partial charge on any atom is 0.472 e. The molecule has 10 heteroatoms. The fraction of sp³-hybridized carbons (Fsp3) is 0.745. The Morgan fingerprint density at radius 3 is 1.39 bits per heavy atom. The molecule has 2 atom stereocenters. The Labute approximate surface area is 349 Å². The van der Waals surface area contributed by atoms with Crippen molar-refractivity contribution in [1.29, 1.82) is 0 Å². The Balaban J connectivity index is 4.18. The highest BCUT2D eigenvalue weighted by atomic mass is 31.2. The van der Waals surface area contributed by atoms with Gasteiger partial charge in [0.25, 0.3) is 0 Å². The molecule has 0 aliphatic carbocycles. The molecule has 0 saturated heterocycles. The van der Waals surface area contributed by atoms with Crippen molar-refractivity contribution in [2.24, 2.45) is 5.73 Å². The zero-order valence-electron chi connectivity index (χ0n) is 36.3. The molecule has 0 saturated carbocycles. The number of esters is 2. The van der Waals surface area contributed by atoms with E-state index in [0.717, 1.165) is 89.9 Å². The molecule has 0 heterocycles. The highest BCUT2D eigenvalue weighted by Crippen LogP contribution is 2.43. The van der Waals surface area contributed by atoms with Crippen LogP contribution < -0.4 is 5.73 Å². The number of nitrogens with two attached hydrogens (primary N) is 1. The van der Waals surface area contributed by atoms with Crippen LogP contribution in [0.4, 0.5) is 0 Å². The van der Waals surface area contributed by atoms with Gasteiger partial charge in [0.15, 0.2) is 6.10 Å². The van der Waals surface area contributed by atoms with Crippen molar-refractivity contribution in [3.05, 3.63) is 60.8 Å².